The zero-order chi connectivity index (χ0) is 39.6. The quantitative estimate of drug-likeness (QED) is 0.195. The fourth-order valence-electron chi connectivity index (χ4n) is 10.7. The molecule has 0 unspecified atom stereocenters. The molecule has 0 bridgehead atoms. The summed E-state index contributed by atoms with van der Waals surface area (Å²) in [6.07, 6.45) is 15.8. The predicted octanol–water partition coefficient (Wildman–Crippen LogP) is 12.4. The number of carbonyl (C=O) groups excluding carboxylic acids is 2. The minimum atomic E-state index is -0.414. The van der Waals surface area contributed by atoms with Crippen LogP contribution < -0.4 is 0 Å². The van der Waals surface area contributed by atoms with Gasteiger partial charge in [0.05, 0.1) is 0 Å². The number of allylic oxidation sites excluding steroid dienone is 4. The van der Waals surface area contributed by atoms with E-state index < -0.39 is 10.8 Å². The number of Topliss-reactive ketones (excluding diaryl/α,β-unsaturated/α-hetero) is 2. The van der Waals surface area contributed by atoms with Crippen molar-refractivity contribution in [3.8, 4) is 0 Å². The highest BCUT2D eigenvalue weighted by Gasteiger charge is 2.55. The molecule has 284 valence electrons. The van der Waals surface area contributed by atoms with Crippen LogP contribution in [0, 0.1) is 22.7 Å². The molecule has 6 atom stereocenters. The van der Waals surface area contributed by atoms with Gasteiger partial charge in [-0.1, -0.05) is 91.8 Å². The van der Waals surface area contributed by atoms with E-state index in [-0.39, 0.29) is 33.5 Å². The summed E-state index contributed by atoms with van der Waals surface area (Å²) in [4.78, 5) is 34.0. The molecular weight excluding hydrogens is 661 g/mol. The molecule has 0 amide bonds. The zero-order valence-corrected chi connectivity index (χ0v) is 34.6. The lowest BCUT2D eigenvalue weighted by Gasteiger charge is -2.50. The summed E-state index contributed by atoms with van der Waals surface area (Å²) in [6.45, 7) is 38.2. The molecule has 0 radical (unpaired) electrons. The van der Waals surface area contributed by atoms with Gasteiger partial charge in [0.1, 0.15) is 11.6 Å². The molecule has 8 rings (SSSR count). The van der Waals surface area contributed by atoms with Crippen molar-refractivity contribution < 1.29 is 9.59 Å². The molecule has 2 N–H and O–H groups in total. The van der Waals surface area contributed by atoms with E-state index in [4.69, 9.17) is 0 Å². The van der Waals surface area contributed by atoms with Gasteiger partial charge in [0.15, 0.2) is 0 Å². The lowest BCUT2D eigenvalue weighted by molar-refractivity contribution is -0.133. The van der Waals surface area contributed by atoms with Crippen LogP contribution >= 0.6 is 0 Å². The molecule has 4 aliphatic carbocycles. The highest BCUT2D eigenvalue weighted by atomic mass is 16.1. The van der Waals surface area contributed by atoms with Crippen molar-refractivity contribution in [2.45, 2.75) is 128 Å². The van der Waals surface area contributed by atoms with Crippen LogP contribution in [0.3, 0.4) is 0 Å². The van der Waals surface area contributed by atoms with E-state index in [0.29, 0.717) is 23.4 Å². The minimum absolute atomic E-state index is 0.0451. The van der Waals surface area contributed by atoms with Crippen LogP contribution in [0.2, 0.25) is 0 Å². The molecule has 0 aliphatic heterocycles. The lowest BCUT2D eigenvalue weighted by atomic mass is 9.52. The molecule has 54 heavy (non-hydrogen) atoms. The second-order valence-corrected chi connectivity index (χ2v) is 19.9. The number of benzene rings is 2. The van der Waals surface area contributed by atoms with Crippen LogP contribution in [-0.4, -0.2) is 21.5 Å². The third-order valence-electron chi connectivity index (χ3n) is 15.4. The van der Waals surface area contributed by atoms with Gasteiger partial charge in [-0.25, -0.2) is 0 Å². The molecule has 4 heteroatoms. The van der Waals surface area contributed by atoms with E-state index in [1.165, 1.54) is 44.2 Å². The third kappa shape index (κ3) is 5.21. The Labute approximate surface area is 323 Å². The molecular formula is C50H62N2O2. The molecule has 2 aromatic heterocycles. The van der Waals surface area contributed by atoms with Crippen molar-refractivity contribution in [3.63, 3.8) is 0 Å². The van der Waals surface area contributed by atoms with Gasteiger partial charge in [-0.05, 0) is 108 Å². The summed E-state index contributed by atoms with van der Waals surface area (Å²) >= 11 is 0. The Kier molecular flexibility index (Phi) is 8.58. The number of aromatic nitrogens is 2. The summed E-state index contributed by atoms with van der Waals surface area (Å²) in [7, 11) is 0. The van der Waals surface area contributed by atoms with Crippen molar-refractivity contribution in [3.05, 3.63) is 121 Å². The fourth-order valence-corrected chi connectivity index (χ4v) is 10.7. The minimum Gasteiger partial charge on any atom is -0.361 e. The van der Waals surface area contributed by atoms with Crippen LogP contribution in [0.4, 0.5) is 0 Å². The SMILES string of the molecule is C=CC(C)(C)c1cc2c3c(c[nH]c3c1)[C@H]1C(=O)[C@@](C)(C=C)CC[C@@H]1C2(C)C.C=CC(C)(C)c1cc2c3c(c[nH]c3c1)[C@H]1C(=O)[C@@](C)(C=C)CC[C@@H]1C2(C)C. The second kappa shape index (κ2) is 12.2. The van der Waals surface area contributed by atoms with Gasteiger partial charge in [0.25, 0.3) is 0 Å². The van der Waals surface area contributed by atoms with Crippen molar-refractivity contribution in [1.29, 1.82) is 0 Å². The van der Waals surface area contributed by atoms with Crippen LogP contribution in [0.5, 0.6) is 0 Å². The normalized spacial score (nSPS) is 29.4. The Morgan fingerprint density at radius 1 is 0.611 bits per heavy atom. The van der Waals surface area contributed by atoms with Crippen molar-refractivity contribution >= 4 is 33.4 Å². The number of H-pyrrole nitrogens is 2. The first-order chi connectivity index (χ1) is 25.1. The Morgan fingerprint density at radius 3 is 1.28 bits per heavy atom. The highest BCUT2D eigenvalue weighted by molar-refractivity contribution is 6.02. The Morgan fingerprint density at radius 2 is 0.963 bits per heavy atom. The van der Waals surface area contributed by atoms with Crippen molar-refractivity contribution in [1.82, 2.24) is 9.97 Å². The molecule has 0 spiro atoms. The Hall–Kier alpha value is -4.18. The van der Waals surface area contributed by atoms with Gasteiger partial charge in [-0.3, -0.25) is 9.59 Å². The molecule has 0 saturated heterocycles. The van der Waals surface area contributed by atoms with E-state index in [9.17, 15) is 9.59 Å². The van der Waals surface area contributed by atoms with Crippen LogP contribution in [0.1, 0.15) is 140 Å². The maximum absolute atomic E-state index is 13.5. The van der Waals surface area contributed by atoms with Gasteiger partial charge in [-0.2, -0.15) is 0 Å². The Bertz CT molecular complexity index is 2110. The first kappa shape index (κ1) is 38.1. The number of aromatic amines is 2. The topological polar surface area (TPSA) is 65.7 Å². The van der Waals surface area contributed by atoms with Gasteiger partial charge >= 0.3 is 0 Å². The highest BCUT2D eigenvalue weighted by Crippen LogP contribution is 2.59. The van der Waals surface area contributed by atoms with Crippen molar-refractivity contribution in [2.24, 2.45) is 22.7 Å². The van der Waals surface area contributed by atoms with E-state index in [0.717, 1.165) is 36.7 Å². The molecule has 2 fully saturated rings. The van der Waals surface area contributed by atoms with Crippen LogP contribution in [0.25, 0.3) is 21.8 Å². The zero-order valence-electron chi connectivity index (χ0n) is 34.6. The van der Waals surface area contributed by atoms with E-state index in [1.54, 1.807) is 0 Å². The van der Waals surface area contributed by atoms with E-state index >= 15 is 0 Å². The summed E-state index contributed by atoms with van der Waals surface area (Å²) in [5.41, 5.74) is 8.83. The number of hydrogen-bond donors (Lipinski definition) is 2. The van der Waals surface area contributed by atoms with E-state index in [1.807, 2.05) is 24.3 Å². The average Bonchev–Trinajstić information content (AvgIpc) is 3.77. The maximum Gasteiger partial charge on any atom is 0.150 e. The number of nitrogens with one attached hydrogen (secondary N) is 2. The van der Waals surface area contributed by atoms with Gasteiger partial charge in [0.2, 0.25) is 0 Å². The lowest BCUT2D eigenvalue weighted by Crippen LogP contribution is -2.48. The number of ketones is 2. The monoisotopic (exact) mass is 722 g/mol. The van der Waals surface area contributed by atoms with Crippen LogP contribution in [0.15, 0.2) is 87.3 Å². The maximum atomic E-state index is 13.5. The summed E-state index contributed by atoms with van der Waals surface area (Å²) in [6, 6.07) is 9.20. The molecule has 2 saturated carbocycles. The predicted molar refractivity (Wildman–Crippen MR) is 227 cm³/mol. The largest absolute Gasteiger partial charge is 0.361 e. The molecule has 2 aromatic carbocycles. The molecule has 4 nitrogen and oxygen atoms in total. The summed E-state index contributed by atoms with van der Waals surface area (Å²) in [5.74, 6) is 1.23. The number of hydrogen-bond acceptors (Lipinski definition) is 2. The first-order valence-corrected chi connectivity index (χ1v) is 20.1. The molecule has 2 heterocycles. The number of rotatable bonds is 6. The second-order valence-electron chi connectivity index (χ2n) is 19.9. The van der Waals surface area contributed by atoms with Crippen LogP contribution in [-0.2, 0) is 31.2 Å². The first-order valence-electron chi connectivity index (χ1n) is 20.1. The van der Waals surface area contributed by atoms with Gasteiger partial charge < -0.3 is 9.97 Å². The standard InChI is InChI=1S/2C25H31NO/c2*1-8-23(3,4)15-12-18-20-16(14-26-19(20)13-15)21-17(24(18,5)6)10-11-25(7,9-2)22(21)27/h2*8-9,12-14,17,21,26H,1-2,10-11H2,3-7H3/t2*17-,21+,25-/m00/s1. The molecule has 4 aliphatic rings. The fraction of sp³-hybridized carbons (Fsp3) is 0.480. The molecule has 4 aromatic rings. The smallest absolute Gasteiger partial charge is 0.150 e. The van der Waals surface area contributed by atoms with Gasteiger partial charge in [0, 0.05) is 67.7 Å². The summed E-state index contributed by atoms with van der Waals surface area (Å²) in [5, 5.41) is 2.51. The van der Waals surface area contributed by atoms with Gasteiger partial charge in [-0.15, -0.1) is 26.3 Å². The number of carbonyl (C=O) groups is 2. The third-order valence-corrected chi connectivity index (χ3v) is 15.4. The number of fused-ring (bicyclic) bond motifs is 4. The van der Waals surface area contributed by atoms with E-state index in [2.05, 4.69) is 142 Å². The summed E-state index contributed by atoms with van der Waals surface area (Å²) < 4.78 is 0. The van der Waals surface area contributed by atoms with Crippen molar-refractivity contribution in [2.75, 3.05) is 0 Å². The Balaban J connectivity index is 0.000000167. The average molecular weight is 723 g/mol.